The van der Waals surface area contributed by atoms with Crippen LogP contribution in [0.25, 0.3) is 0 Å². The molecule has 0 aliphatic heterocycles. The van der Waals surface area contributed by atoms with Gasteiger partial charge in [-0.1, -0.05) is 43.7 Å². The smallest absolute Gasteiger partial charge is 0.258 e. The van der Waals surface area contributed by atoms with E-state index in [1.165, 1.54) is 5.56 Å². The maximum Gasteiger partial charge on any atom is 0.258 e. The van der Waals surface area contributed by atoms with Crippen LogP contribution in [0.5, 0.6) is 11.5 Å². The van der Waals surface area contributed by atoms with Gasteiger partial charge in [-0.2, -0.15) is 0 Å². The summed E-state index contributed by atoms with van der Waals surface area (Å²) in [6, 6.07) is 13.9. The number of hydrogen-bond donors (Lipinski definition) is 1. The first kappa shape index (κ1) is 19.8. The Hall–Kier alpha value is -2.49. The summed E-state index contributed by atoms with van der Waals surface area (Å²) in [5.41, 5.74) is 3.41. The minimum atomic E-state index is -0.152. The summed E-state index contributed by atoms with van der Waals surface area (Å²) in [6.07, 6.45) is 0. The summed E-state index contributed by atoms with van der Waals surface area (Å²) in [7, 11) is 0. The van der Waals surface area contributed by atoms with Gasteiger partial charge in [0.25, 0.3) is 5.91 Å². The van der Waals surface area contributed by atoms with Crippen molar-refractivity contribution >= 4 is 5.91 Å². The molecular weight excluding hydrogens is 326 g/mol. The van der Waals surface area contributed by atoms with Gasteiger partial charge in [0.1, 0.15) is 18.1 Å². The number of hydrogen-bond acceptors (Lipinski definition) is 3. The van der Waals surface area contributed by atoms with Gasteiger partial charge in [0.05, 0.1) is 6.04 Å². The van der Waals surface area contributed by atoms with Crippen molar-refractivity contribution in [2.45, 2.75) is 46.6 Å². The van der Waals surface area contributed by atoms with Crippen molar-refractivity contribution < 1.29 is 14.3 Å². The first-order chi connectivity index (χ1) is 12.3. The SMILES string of the molecule is Cc1ccc(OCC(C)NC(=O)COc2cc(C)ccc2C(C)C)cc1. The van der Waals surface area contributed by atoms with Gasteiger partial charge in [0.15, 0.2) is 6.61 Å². The highest BCUT2D eigenvalue weighted by atomic mass is 16.5. The molecule has 0 aliphatic carbocycles. The quantitative estimate of drug-likeness (QED) is 0.764. The summed E-state index contributed by atoms with van der Waals surface area (Å²) in [5, 5.41) is 2.91. The van der Waals surface area contributed by atoms with E-state index in [1.54, 1.807) is 0 Å². The van der Waals surface area contributed by atoms with Gasteiger partial charge in [0, 0.05) is 0 Å². The molecule has 1 unspecified atom stereocenters. The molecule has 1 atom stereocenters. The molecule has 0 heterocycles. The number of carbonyl (C=O) groups is 1. The van der Waals surface area contributed by atoms with Crippen molar-refractivity contribution in [2.24, 2.45) is 0 Å². The van der Waals surface area contributed by atoms with E-state index >= 15 is 0 Å². The van der Waals surface area contributed by atoms with Gasteiger partial charge in [-0.25, -0.2) is 0 Å². The van der Waals surface area contributed by atoms with Crippen molar-refractivity contribution in [3.05, 3.63) is 59.2 Å². The van der Waals surface area contributed by atoms with Gasteiger partial charge in [0.2, 0.25) is 0 Å². The van der Waals surface area contributed by atoms with Crippen molar-refractivity contribution in [2.75, 3.05) is 13.2 Å². The third kappa shape index (κ3) is 6.10. The van der Waals surface area contributed by atoms with Crippen LogP contribution in [0.1, 0.15) is 43.4 Å². The maximum atomic E-state index is 12.2. The molecule has 0 bridgehead atoms. The van der Waals surface area contributed by atoms with E-state index in [0.717, 1.165) is 22.6 Å². The normalized spacial score (nSPS) is 11.9. The Labute approximate surface area is 156 Å². The Morgan fingerprint density at radius 3 is 2.27 bits per heavy atom. The minimum absolute atomic E-state index is 0.00194. The molecule has 4 heteroatoms. The third-order valence-corrected chi connectivity index (χ3v) is 4.08. The van der Waals surface area contributed by atoms with E-state index in [9.17, 15) is 4.79 Å². The molecule has 1 amide bonds. The van der Waals surface area contributed by atoms with E-state index in [4.69, 9.17) is 9.47 Å². The van der Waals surface area contributed by atoms with Crippen LogP contribution in [0.2, 0.25) is 0 Å². The number of carbonyl (C=O) groups excluding carboxylic acids is 1. The van der Waals surface area contributed by atoms with Crippen LogP contribution in [0.15, 0.2) is 42.5 Å². The zero-order valence-corrected chi connectivity index (χ0v) is 16.3. The second-order valence-corrected chi connectivity index (χ2v) is 7.08. The van der Waals surface area contributed by atoms with Crippen LogP contribution in [0.3, 0.4) is 0 Å². The second kappa shape index (κ2) is 9.27. The van der Waals surface area contributed by atoms with Crippen LogP contribution in [-0.2, 0) is 4.79 Å². The Kier molecular flexibility index (Phi) is 7.07. The molecule has 0 saturated heterocycles. The van der Waals surface area contributed by atoms with E-state index in [0.29, 0.717) is 12.5 Å². The van der Waals surface area contributed by atoms with E-state index < -0.39 is 0 Å². The Morgan fingerprint density at radius 2 is 1.62 bits per heavy atom. The number of nitrogens with one attached hydrogen (secondary N) is 1. The first-order valence-corrected chi connectivity index (χ1v) is 9.07. The summed E-state index contributed by atoms with van der Waals surface area (Å²) in [5.74, 6) is 1.77. The molecule has 0 radical (unpaired) electrons. The average Bonchev–Trinajstić information content (AvgIpc) is 2.59. The van der Waals surface area contributed by atoms with Gasteiger partial charge in [-0.15, -0.1) is 0 Å². The fourth-order valence-electron chi connectivity index (χ4n) is 2.60. The molecule has 0 spiro atoms. The predicted molar refractivity (Wildman–Crippen MR) is 105 cm³/mol. The highest BCUT2D eigenvalue weighted by molar-refractivity contribution is 5.77. The fourth-order valence-corrected chi connectivity index (χ4v) is 2.60. The molecule has 2 rings (SSSR count). The molecule has 0 aromatic heterocycles. The number of amides is 1. The van der Waals surface area contributed by atoms with Crippen LogP contribution in [0.4, 0.5) is 0 Å². The molecule has 2 aromatic rings. The largest absolute Gasteiger partial charge is 0.491 e. The predicted octanol–water partition coefficient (Wildman–Crippen LogP) is 4.39. The third-order valence-electron chi connectivity index (χ3n) is 4.08. The molecule has 0 aliphatic rings. The van der Waals surface area contributed by atoms with Gasteiger partial charge < -0.3 is 14.8 Å². The van der Waals surface area contributed by atoms with Crippen molar-refractivity contribution in [1.29, 1.82) is 0 Å². The van der Waals surface area contributed by atoms with Crippen LogP contribution < -0.4 is 14.8 Å². The summed E-state index contributed by atoms with van der Waals surface area (Å²) in [6.45, 7) is 10.6. The summed E-state index contributed by atoms with van der Waals surface area (Å²) >= 11 is 0. The van der Waals surface area contributed by atoms with Crippen molar-refractivity contribution in [3.8, 4) is 11.5 Å². The first-order valence-electron chi connectivity index (χ1n) is 9.07. The number of rotatable bonds is 8. The van der Waals surface area contributed by atoms with Gasteiger partial charge in [-0.05, 0) is 56.0 Å². The number of benzene rings is 2. The highest BCUT2D eigenvalue weighted by Crippen LogP contribution is 2.27. The zero-order valence-electron chi connectivity index (χ0n) is 16.3. The van der Waals surface area contributed by atoms with Gasteiger partial charge in [-0.3, -0.25) is 4.79 Å². The Morgan fingerprint density at radius 1 is 0.962 bits per heavy atom. The lowest BCUT2D eigenvalue weighted by molar-refractivity contribution is -0.123. The summed E-state index contributed by atoms with van der Waals surface area (Å²) in [4.78, 5) is 12.2. The second-order valence-electron chi connectivity index (χ2n) is 7.08. The molecule has 1 N–H and O–H groups in total. The Bertz CT molecular complexity index is 723. The highest BCUT2D eigenvalue weighted by Gasteiger charge is 2.12. The molecule has 26 heavy (non-hydrogen) atoms. The van der Waals surface area contributed by atoms with Gasteiger partial charge >= 0.3 is 0 Å². The fraction of sp³-hybridized carbons (Fsp3) is 0.409. The van der Waals surface area contributed by atoms with Crippen molar-refractivity contribution in [1.82, 2.24) is 5.32 Å². The minimum Gasteiger partial charge on any atom is -0.491 e. The monoisotopic (exact) mass is 355 g/mol. The molecule has 0 fully saturated rings. The van der Waals surface area contributed by atoms with Crippen LogP contribution >= 0.6 is 0 Å². The van der Waals surface area contributed by atoms with Crippen LogP contribution in [0, 0.1) is 13.8 Å². The zero-order chi connectivity index (χ0) is 19.1. The average molecular weight is 355 g/mol. The molecule has 0 saturated carbocycles. The topological polar surface area (TPSA) is 47.6 Å². The number of ether oxygens (including phenoxy) is 2. The standard InChI is InChI=1S/C22H29NO3/c1-15(2)20-11-8-17(4)12-21(20)26-14-22(24)23-18(5)13-25-19-9-6-16(3)7-10-19/h6-12,15,18H,13-14H2,1-5H3,(H,23,24). The molecular formula is C22H29NO3. The lowest BCUT2D eigenvalue weighted by atomic mass is 10.0. The van der Waals surface area contributed by atoms with E-state index in [1.807, 2.05) is 51.1 Å². The number of aryl methyl sites for hydroxylation is 2. The van der Waals surface area contributed by atoms with Crippen molar-refractivity contribution in [3.63, 3.8) is 0 Å². The van der Waals surface area contributed by atoms with E-state index in [-0.39, 0.29) is 18.6 Å². The molecule has 2 aromatic carbocycles. The lowest BCUT2D eigenvalue weighted by Crippen LogP contribution is -2.39. The summed E-state index contributed by atoms with van der Waals surface area (Å²) < 4.78 is 11.5. The maximum absolute atomic E-state index is 12.2. The Balaban J connectivity index is 1.81. The van der Waals surface area contributed by atoms with Crippen LogP contribution in [-0.4, -0.2) is 25.2 Å². The van der Waals surface area contributed by atoms with E-state index in [2.05, 4.69) is 31.3 Å². The molecule has 140 valence electrons. The lowest BCUT2D eigenvalue weighted by Gasteiger charge is -2.17. The molecule has 4 nitrogen and oxygen atoms in total.